The van der Waals surface area contributed by atoms with Crippen LogP contribution in [0.25, 0.3) is 22.1 Å². The smallest absolute Gasteiger partial charge is 0.298 e. The maximum atomic E-state index is 13.7. The normalized spacial score (nSPS) is 13.6. The van der Waals surface area contributed by atoms with Gasteiger partial charge in [-0.05, 0) is 44.2 Å². The van der Waals surface area contributed by atoms with Crippen molar-refractivity contribution in [3.05, 3.63) is 64.1 Å². The topological polar surface area (TPSA) is 245 Å². The van der Waals surface area contributed by atoms with Gasteiger partial charge in [0.05, 0.1) is 55.7 Å². The molecule has 0 aliphatic carbocycles. The van der Waals surface area contributed by atoms with E-state index in [1.165, 1.54) is 34.6 Å². The quantitative estimate of drug-likeness (QED) is 0.0924. The highest BCUT2D eigenvalue weighted by Crippen LogP contribution is 2.29. The van der Waals surface area contributed by atoms with Gasteiger partial charge in [-0.1, -0.05) is 0 Å². The Morgan fingerprint density at radius 1 is 0.885 bits per heavy atom. The maximum Gasteiger partial charge on any atom is 0.298 e. The minimum atomic E-state index is -1.48. The van der Waals surface area contributed by atoms with Crippen LogP contribution >= 0.6 is 0 Å². The van der Waals surface area contributed by atoms with E-state index in [-0.39, 0.29) is 60.9 Å². The van der Waals surface area contributed by atoms with E-state index >= 15 is 0 Å². The van der Waals surface area contributed by atoms with Crippen molar-refractivity contribution in [3.63, 3.8) is 0 Å². The predicted molar refractivity (Wildman–Crippen MR) is 189 cm³/mol. The molecule has 0 aliphatic heterocycles. The number of methoxy groups -OCH3 is 1. The number of aromatic nitrogens is 6. The monoisotopic (exact) mass is 720 g/mol. The summed E-state index contributed by atoms with van der Waals surface area (Å²) in [5.41, 5.74) is 14.7. The first-order valence-electron chi connectivity index (χ1n) is 16.5. The summed E-state index contributed by atoms with van der Waals surface area (Å²) < 4.78 is 19.6. The summed E-state index contributed by atoms with van der Waals surface area (Å²) in [6.07, 6.45) is -2.63. The number of carbonyl (C=O) groups is 3. The van der Waals surface area contributed by atoms with E-state index in [4.69, 9.17) is 20.9 Å². The number of amides is 3. The van der Waals surface area contributed by atoms with Crippen molar-refractivity contribution in [2.24, 2.45) is 35.5 Å². The Bertz CT molecular complexity index is 2320. The molecular weight excluding hydrogens is 676 g/mol. The van der Waals surface area contributed by atoms with Crippen LogP contribution in [0, 0.1) is 6.92 Å². The SMILES string of the molecule is CCn1nc(C)cc1C(=O)/N=c1\n(C)c2cc(C(N)=O)cc(OCCCO)c2n1CC(O)C(O)Cn1/c(=N/C)n(C)c2cc(C(N)=O)cc(OC)c21. The van der Waals surface area contributed by atoms with Gasteiger partial charge in [0.1, 0.15) is 28.2 Å². The zero-order valence-corrected chi connectivity index (χ0v) is 29.9. The van der Waals surface area contributed by atoms with E-state index in [0.717, 1.165) is 0 Å². The third-order valence-electron chi connectivity index (χ3n) is 8.81. The maximum absolute atomic E-state index is 13.7. The van der Waals surface area contributed by atoms with Crippen molar-refractivity contribution in [2.45, 2.75) is 52.1 Å². The average molecular weight is 721 g/mol. The first-order valence-corrected chi connectivity index (χ1v) is 16.5. The lowest BCUT2D eigenvalue weighted by Crippen LogP contribution is -2.39. The first kappa shape index (κ1) is 37.5. The van der Waals surface area contributed by atoms with Gasteiger partial charge in [0.2, 0.25) is 23.1 Å². The minimum absolute atomic E-state index is 0.0732. The molecule has 2 atom stereocenters. The van der Waals surface area contributed by atoms with Crippen LogP contribution in [-0.2, 0) is 33.7 Å². The van der Waals surface area contributed by atoms with Crippen molar-refractivity contribution < 1.29 is 39.2 Å². The highest BCUT2D eigenvalue weighted by atomic mass is 16.5. The van der Waals surface area contributed by atoms with Gasteiger partial charge in [0.25, 0.3) is 5.91 Å². The van der Waals surface area contributed by atoms with Crippen LogP contribution < -0.4 is 32.2 Å². The fourth-order valence-electron chi connectivity index (χ4n) is 6.29. The molecule has 3 aromatic heterocycles. The van der Waals surface area contributed by atoms with Crippen molar-refractivity contribution >= 4 is 39.8 Å². The lowest BCUT2D eigenvalue weighted by molar-refractivity contribution is -0.000231. The molecule has 0 saturated carbocycles. The van der Waals surface area contributed by atoms with Gasteiger partial charge in [0.15, 0.2) is 0 Å². The van der Waals surface area contributed by atoms with Gasteiger partial charge in [-0.15, -0.1) is 0 Å². The number of benzene rings is 2. The van der Waals surface area contributed by atoms with Crippen LogP contribution in [0.3, 0.4) is 0 Å². The molecule has 18 heteroatoms. The van der Waals surface area contributed by atoms with E-state index in [9.17, 15) is 29.7 Å². The summed E-state index contributed by atoms with van der Waals surface area (Å²) >= 11 is 0. The Labute approximate surface area is 297 Å². The van der Waals surface area contributed by atoms with E-state index in [1.54, 1.807) is 53.9 Å². The first-order chi connectivity index (χ1) is 24.8. The second kappa shape index (κ2) is 15.3. The molecule has 0 bridgehead atoms. The fraction of sp³-hybridized carbons (Fsp3) is 0.412. The van der Waals surface area contributed by atoms with Gasteiger partial charge in [-0.25, -0.2) is 0 Å². The Hall–Kier alpha value is -5.72. The molecule has 52 heavy (non-hydrogen) atoms. The lowest BCUT2D eigenvalue weighted by Gasteiger charge is -2.21. The van der Waals surface area contributed by atoms with E-state index in [2.05, 4.69) is 15.1 Å². The summed E-state index contributed by atoms with van der Waals surface area (Å²) in [6, 6.07) is 7.66. The number of nitrogens with two attached hydrogens (primary N) is 2. The Balaban J connectivity index is 1.67. The number of carbonyl (C=O) groups excluding carboxylic acids is 3. The number of imidazole rings is 2. The number of aliphatic hydroxyl groups excluding tert-OH is 3. The van der Waals surface area contributed by atoms with Gasteiger partial charge >= 0.3 is 0 Å². The second-order valence-corrected chi connectivity index (χ2v) is 12.2. The molecule has 0 spiro atoms. The van der Waals surface area contributed by atoms with Crippen LogP contribution in [0.5, 0.6) is 11.5 Å². The largest absolute Gasteiger partial charge is 0.494 e. The molecule has 5 aromatic rings. The minimum Gasteiger partial charge on any atom is -0.494 e. The predicted octanol–water partition coefficient (Wildman–Crippen LogP) is -0.541. The van der Waals surface area contributed by atoms with Crippen molar-refractivity contribution in [1.82, 2.24) is 28.0 Å². The summed E-state index contributed by atoms with van der Waals surface area (Å²) in [5.74, 6) is -1.50. The Morgan fingerprint density at radius 2 is 1.42 bits per heavy atom. The molecule has 0 saturated heterocycles. The number of aliphatic hydroxyl groups is 3. The molecule has 2 unspecified atom stereocenters. The standard InChI is InChI=1S/C34H44N10O8/c1-7-44-23(11-18(2)39-44)32(50)38-34-41(5)22-13-20(31(36)49)15-27(52-10-8-9-45)29(22)43(34)17-25(47)24(46)16-42-28-21(40(4)33(42)37-3)12-19(30(35)48)14-26(28)51-6/h11-15,24-25,45-47H,7-10,16-17H2,1-6H3,(H2,35,48)(H2,36,49)/b37-33+,38-34+. The van der Waals surface area contributed by atoms with E-state index < -0.39 is 29.9 Å². The van der Waals surface area contributed by atoms with Gasteiger partial charge in [0, 0.05) is 51.8 Å². The molecular formula is C34H44N10O8. The summed E-state index contributed by atoms with van der Waals surface area (Å²) in [6.45, 7) is 3.48. The van der Waals surface area contributed by atoms with Crippen molar-refractivity contribution in [3.8, 4) is 11.5 Å². The molecule has 7 N–H and O–H groups in total. The van der Waals surface area contributed by atoms with Gasteiger partial charge in [-0.2, -0.15) is 10.1 Å². The van der Waals surface area contributed by atoms with Crippen LogP contribution in [0.1, 0.15) is 50.2 Å². The van der Waals surface area contributed by atoms with E-state index in [1.807, 2.05) is 6.92 Å². The summed E-state index contributed by atoms with van der Waals surface area (Å²) in [4.78, 5) is 46.9. The molecule has 0 radical (unpaired) electrons. The van der Waals surface area contributed by atoms with Crippen molar-refractivity contribution in [2.75, 3.05) is 27.4 Å². The van der Waals surface area contributed by atoms with Crippen LogP contribution in [0.15, 0.2) is 40.3 Å². The highest BCUT2D eigenvalue weighted by molar-refractivity contribution is 5.99. The second-order valence-electron chi connectivity index (χ2n) is 12.2. The zero-order valence-electron chi connectivity index (χ0n) is 29.9. The van der Waals surface area contributed by atoms with Gasteiger partial charge < -0.3 is 54.5 Å². The van der Waals surface area contributed by atoms with Crippen LogP contribution in [0.2, 0.25) is 0 Å². The molecule has 2 aromatic carbocycles. The van der Waals surface area contributed by atoms with E-state index in [0.29, 0.717) is 45.7 Å². The van der Waals surface area contributed by atoms with Crippen molar-refractivity contribution in [1.29, 1.82) is 0 Å². The molecule has 3 amide bonds. The number of hydrogen-bond donors (Lipinski definition) is 5. The Morgan fingerprint density at radius 3 is 1.94 bits per heavy atom. The number of primary amides is 2. The number of hydrogen-bond acceptors (Lipinski definition) is 10. The van der Waals surface area contributed by atoms with Crippen LogP contribution in [-0.4, -0.2) is 101 Å². The molecule has 0 aliphatic rings. The van der Waals surface area contributed by atoms with Gasteiger partial charge in [-0.3, -0.25) is 24.1 Å². The number of nitrogens with zero attached hydrogens (tertiary/aromatic N) is 8. The molecule has 0 fully saturated rings. The lowest BCUT2D eigenvalue weighted by atomic mass is 10.1. The summed E-state index contributed by atoms with van der Waals surface area (Å²) in [7, 11) is 6.37. The highest BCUT2D eigenvalue weighted by Gasteiger charge is 2.27. The molecule has 278 valence electrons. The fourth-order valence-corrected chi connectivity index (χ4v) is 6.29. The molecule has 5 rings (SSSR count). The third-order valence-corrected chi connectivity index (χ3v) is 8.81. The summed E-state index contributed by atoms with van der Waals surface area (Å²) in [5, 5.41) is 37.0. The third kappa shape index (κ3) is 6.95. The molecule has 18 nitrogen and oxygen atoms in total. The number of aryl methyl sites for hydroxylation is 4. The number of rotatable bonds is 14. The molecule has 3 heterocycles. The van der Waals surface area contributed by atoms with Crippen LogP contribution in [0.4, 0.5) is 0 Å². The average Bonchev–Trinajstić information content (AvgIpc) is 3.72. The zero-order chi connectivity index (χ0) is 38.0. The number of ether oxygens (including phenoxy) is 2. The Kier molecular flexibility index (Phi) is 11.0. The number of fused-ring (bicyclic) bond motifs is 2.